The van der Waals surface area contributed by atoms with Crippen molar-refractivity contribution in [1.82, 2.24) is 14.4 Å². The van der Waals surface area contributed by atoms with E-state index in [0.717, 1.165) is 5.56 Å². The molecule has 0 fully saturated rings. The van der Waals surface area contributed by atoms with Crippen LogP contribution in [0.15, 0.2) is 43.2 Å². The van der Waals surface area contributed by atoms with E-state index in [0.29, 0.717) is 22.9 Å². The third-order valence-electron chi connectivity index (χ3n) is 2.91. The number of fused-ring (bicyclic) bond motifs is 1. The number of aromatic hydroxyl groups is 1. The van der Waals surface area contributed by atoms with Crippen molar-refractivity contribution in [3.05, 3.63) is 48.8 Å². The van der Waals surface area contributed by atoms with Gasteiger partial charge in [0.25, 0.3) is 0 Å². The second-order valence-corrected chi connectivity index (χ2v) is 4.14. The van der Waals surface area contributed by atoms with Crippen LogP contribution >= 0.6 is 0 Å². The summed E-state index contributed by atoms with van der Waals surface area (Å²) in [5.74, 6) is 1.06. The molecule has 2 heterocycles. The zero-order chi connectivity index (χ0) is 15.4. The number of anilines is 1. The molecule has 0 saturated carbocycles. The third kappa shape index (κ3) is 2.72. The summed E-state index contributed by atoms with van der Waals surface area (Å²) in [5, 5.41) is 9.83. The monoisotopic (exact) mass is 282 g/mol. The fourth-order valence-corrected chi connectivity index (χ4v) is 1.93. The molecule has 0 radical (unpaired) electrons. The van der Waals surface area contributed by atoms with Crippen molar-refractivity contribution in [2.45, 2.75) is 13.8 Å². The van der Waals surface area contributed by atoms with E-state index in [9.17, 15) is 5.11 Å². The predicted octanol–water partition coefficient (Wildman–Crippen LogP) is 3.35. The highest BCUT2D eigenvalue weighted by atomic mass is 16.3. The lowest BCUT2D eigenvalue weighted by molar-refractivity contribution is 0.477. The number of aromatic nitrogens is 3. The molecule has 5 heteroatoms. The Kier molecular flexibility index (Phi) is 4.23. The smallest absolute Gasteiger partial charge is 0.236 e. The van der Waals surface area contributed by atoms with E-state index < -0.39 is 0 Å². The first-order valence-corrected chi connectivity index (χ1v) is 6.75. The van der Waals surface area contributed by atoms with Crippen LogP contribution in [-0.2, 0) is 0 Å². The average molecular weight is 282 g/mol. The quantitative estimate of drug-likeness (QED) is 0.755. The molecule has 0 spiro atoms. The van der Waals surface area contributed by atoms with E-state index in [-0.39, 0.29) is 5.75 Å². The van der Waals surface area contributed by atoms with Gasteiger partial charge in [0.1, 0.15) is 11.6 Å². The molecule has 5 nitrogen and oxygen atoms in total. The van der Waals surface area contributed by atoms with Crippen LogP contribution in [0.4, 0.5) is 5.82 Å². The average Bonchev–Trinajstić information content (AvgIpc) is 2.91. The summed E-state index contributed by atoms with van der Waals surface area (Å²) < 4.78 is 1.76. The third-order valence-corrected chi connectivity index (χ3v) is 2.91. The van der Waals surface area contributed by atoms with E-state index in [1.807, 2.05) is 19.9 Å². The van der Waals surface area contributed by atoms with Crippen LogP contribution in [0.3, 0.4) is 0 Å². The summed E-state index contributed by atoms with van der Waals surface area (Å²) in [5.41, 5.74) is 7.84. The van der Waals surface area contributed by atoms with Gasteiger partial charge in [-0.2, -0.15) is 4.98 Å². The molecule has 0 unspecified atom stereocenters. The maximum atomic E-state index is 9.83. The minimum Gasteiger partial charge on any atom is -0.507 e. The molecule has 0 saturated heterocycles. The first-order valence-electron chi connectivity index (χ1n) is 6.75. The fourth-order valence-electron chi connectivity index (χ4n) is 1.93. The maximum Gasteiger partial charge on any atom is 0.236 e. The summed E-state index contributed by atoms with van der Waals surface area (Å²) in [6.07, 6.45) is 5.24. The molecule has 1 aromatic carbocycles. The highest BCUT2D eigenvalue weighted by Gasteiger charge is 2.10. The Morgan fingerprint density at radius 2 is 1.90 bits per heavy atom. The van der Waals surface area contributed by atoms with Gasteiger partial charge in [0.05, 0.1) is 5.69 Å². The van der Waals surface area contributed by atoms with Crippen molar-refractivity contribution in [1.29, 1.82) is 0 Å². The lowest BCUT2D eigenvalue weighted by atomic mass is 10.1. The van der Waals surface area contributed by atoms with Crippen molar-refractivity contribution in [2.24, 2.45) is 0 Å². The summed E-state index contributed by atoms with van der Waals surface area (Å²) >= 11 is 0. The minimum absolute atomic E-state index is 0.183. The molecule has 2 aromatic heterocycles. The SMILES string of the molecule is C=Cc1cn2cc(-c3ccccc3O)nc2nc1N.CC. The molecule has 0 bridgehead atoms. The second kappa shape index (κ2) is 6.09. The van der Waals surface area contributed by atoms with E-state index >= 15 is 0 Å². The van der Waals surface area contributed by atoms with Crippen LogP contribution in [0.5, 0.6) is 5.75 Å². The fraction of sp³-hybridized carbons (Fsp3) is 0.125. The molecule has 0 atom stereocenters. The molecule has 108 valence electrons. The van der Waals surface area contributed by atoms with Crippen LogP contribution in [-0.4, -0.2) is 19.5 Å². The van der Waals surface area contributed by atoms with Crippen molar-refractivity contribution in [2.75, 3.05) is 5.73 Å². The number of nitrogens with zero attached hydrogens (tertiary/aromatic N) is 3. The predicted molar refractivity (Wildman–Crippen MR) is 85.9 cm³/mol. The van der Waals surface area contributed by atoms with E-state index in [2.05, 4.69) is 16.5 Å². The van der Waals surface area contributed by atoms with E-state index in [4.69, 9.17) is 5.73 Å². The molecule has 0 amide bonds. The number of hydrogen-bond donors (Lipinski definition) is 2. The van der Waals surface area contributed by atoms with Gasteiger partial charge in [-0.15, -0.1) is 0 Å². The number of nitrogen functional groups attached to an aromatic ring is 1. The number of phenolic OH excluding ortho intramolecular Hbond substituents is 1. The van der Waals surface area contributed by atoms with Crippen molar-refractivity contribution >= 4 is 17.7 Å². The Hall–Kier alpha value is -2.82. The number of nitrogens with two attached hydrogens (primary N) is 1. The van der Waals surface area contributed by atoms with E-state index in [1.54, 1.807) is 41.1 Å². The number of rotatable bonds is 2. The Morgan fingerprint density at radius 3 is 2.57 bits per heavy atom. The largest absolute Gasteiger partial charge is 0.507 e. The Balaban J connectivity index is 0.000000774. The number of para-hydroxylation sites is 1. The Bertz CT molecular complexity index is 777. The molecule has 0 aliphatic carbocycles. The van der Waals surface area contributed by atoms with Crippen LogP contribution in [0.2, 0.25) is 0 Å². The van der Waals surface area contributed by atoms with Gasteiger partial charge in [-0.1, -0.05) is 38.6 Å². The number of benzene rings is 1. The van der Waals surface area contributed by atoms with Crippen LogP contribution in [0, 0.1) is 0 Å². The van der Waals surface area contributed by atoms with Crippen molar-refractivity contribution in [3.8, 4) is 17.0 Å². The Labute approximate surface area is 123 Å². The Morgan fingerprint density at radius 1 is 1.19 bits per heavy atom. The first-order chi connectivity index (χ1) is 10.2. The van der Waals surface area contributed by atoms with Crippen LogP contribution < -0.4 is 5.73 Å². The van der Waals surface area contributed by atoms with Gasteiger partial charge in [-0.3, -0.25) is 4.40 Å². The first kappa shape index (κ1) is 14.6. The number of imidazole rings is 1. The molecule has 0 aliphatic rings. The van der Waals surface area contributed by atoms with Crippen molar-refractivity contribution < 1.29 is 5.11 Å². The number of phenols is 1. The van der Waals surface area contributed by atoms with Crippen LogP contribution in [0.1, 0.15) is 19.4 Å². The van der Waals surface area contributed by atoms with Crippen molar-refractivity contribution in [3.63, 3.8) is 0 Å². The summed E-state index contributed by atoms with van der Waals surface area (Å²) in [4.78, 5) is 8.56. The van der Waals surface area contributed by atoms with Gasteiger partial charge in [0, 0.05) is 23.5 Å². The van der Waals surface area contributed by atoms with Gasteiger partial charge in [-0.05, 0) is 12.1 Å². The molecule has 3 aromatic rings. The molecule has 3 rings (SSSR count). The lowest BCUT2D eigenvalue weighted by Crippen LogP contribution is -1.97. The molecule has 21 heavy (non-hydrogen) atoms. The normalized spacial score (nSPS) is 10.0. The molecular formula is C16H18N4O. The minimum atomic E-state index is 0.183. The lowest BCUT2D eigenvalue weighted by Gasteiger charge is -1.99. The zero-order valence-electron chi connectivity index (χ0n) is 12.1. The topological polar surface area (TPSA) is 76.4 Å². The second-order valence-electron chi connectivity index (χ2n) is 4.14. The van der Waals surface area contributed by atoms with Gasteiger partial charge < -0.3 is 10.8 Å². The number of hydrogen-bond acceptors (Lipinski definition) is 4. The van der Waals surface area contributed by atoms with Gasteiger partial charge in [0.2, 0.25) is 5.78 Å². The molecular weight excluding hydrogens is 264 g/mol. The van der Waals surface area contributed by atoms with Gasteiger partial charge in [0.15, 0.2) is 0 Å². The summed E-state index contributed by atoms with van der Waals surface area (Å²) in [6.45, 7) is 7.68. The van der Waals surface area contributed by atoms with Gasteiger partial charge in [-0.25, -0.2) is 4.98 Å². The van der Waals surface area contributed by atoms with Gasteiger partial charge >= 0.3 is 0 Å². The highest BCUT2D eigenvalue weighted by molar-refractivity contribution is 5.69. The van der Waals surface area contributed by atoms with Crippen LogP contribution in [0.25, 0.3) is 23.1 Å². The van der Waals surface area contributed by atoms with E-state index in [1.165, 1.54) is 0 Å². The summed E-state index contributed by atoms with van der Waals surface area (Å²) in [7, 11) is 0. The zero-order valence-corrected chi connectivity index (χ0v) is 12.1. The highest BCUT2D eigenvalue weighted by Crippen LogP contribution is 2.28. The molecule has 0 aliphatic heterocycles. The molecule has 3 N–H and O–H groups in total. The summed E-state index contributed by atoms with van der Waals surface area (Å²) in [6, 6.07) is 7.03. The maximum absolute atomic E-state index is 9.83. The standard InChI is InChI=1S/C14H12N4O.C2H6/c1-2-9-7-18-8-11(16-14(18)17-13(9)15)10-5-3-4-6-12(10)19;1-2/h2-8,19H,1H2,(H2,15,16,17);1-2H3.